The van der Waals surface area contributed by atoms with Gasteiger partial charge in [0.25, 0.3) is 0 Å². The van der Waals surface area contributed by atoms with Crippen LogP contribution in [0.5, 0.6) is 0 Å². The van der Waals surface area contributed by atoms with Crippen LogP contribution >= 0.6 is 11.6 Å². The van der Waals surface area contributed by atoms with Crippen molar-refractivity contribution < 1.29 is 0 Å². The number of rotatable bonds is 2. The molecule has 0 amide bonds. The summed E-state index contributed by atoms with van der Waals surface area (Å²) in [5, 5.41) is 0. The standard InChI is InChI=1S/C9H12ClN/c1-11(2)9-5-3-8(7-10)4-6-9/h3-6H,7H2,1-2H3. The molecule has 0 atom stereocenters. The van der Waals surface area contributed by atoms with E-state index in [1.54, 1.807) is 0 Å². The van der Waals surface area contributed by atoms with Gasteiger partial charge in [0.2, 0.25) is 0 Å². The number of hydrogen-bond acceptors (Lipinski definition) is 1. The highest BCUT2D eigenvalue weighted by Gasteiger charge is 1.93. The average molecular weight is 170 g/mol. The summed E-state index contributed by atoms with van der Waals surface area (Å²) in [5.41, 5.74) is 2.37. The van der Waals surface area contributed by atoms with E-state index in [4.69, 9.17) is 11.6 Å². The van der Waals surface area contributed by atoms with Crippen LogP contribution in [0.1, 0.15) is 5.56 Å². The Labute approximate surface area is 72.6 Å². The second kappa shape index (κ2) is 3.63. The first kappa shape index (κ1) is 8.41. The average Bonchev–Trinajstić information content (AvgIpc) is 2.05. The van der Waals surface area contributed by atoms with E-state index in [1.165, 1.54) is 5.69 Å². The molecule has 0 saturated carbocycles. The zero-order valence-corrected chi connectivity index (χ0v) is 7.60. The second-order valence-electron chi connectivity index (χ2n) is 2.69. The van der Waals surface area contributed by atoms with Crippen LogP contribution in [0, 0.1) is 0 Å². The summed E-state index contributed by atoms with van der Waals surface area (Å²) in [6, 6.07) is 8.22. The van der Waals surface area contributed by atoms with E-state index in [0.717, 1.165) is 5.56 Å². The van der Waals surface area contributed by atoms with Crippen LogP contribution in [-0.4, -0.2) is 14.1 Å². The van der Waals surface area contributed by atoms with Crippen molar-refractivity contribution in [2.45, 2.75) is 5.88 Å². The number of hydrogen-bond donors (Lipinski definition) is 0. The van der Waals surface area contributed by atoms with Crippen molar-refractivity contribution in [2.75, 3.05) is 19.0 Å². The largest absolute Gasteiger partial charge is 0.378 e. The maximum Gasteiger partial charge on any atom is 0.0474 e. The van der Waals surface area contributed by atoms with E-state index in [1.807, 2.05) is 26.2 Å². The van der Waals surface area contributed by atoms with Crippen molar-refractivity contribution in [1.82, 2.24) is 0 Å². The Kier molecular flexibility index (Phi) is 2.77. The molecule has 0 radical (unpaired) electrons. The number of anilines is 1. The van der Waals surface area contributed by atoms with Gasteiger partial charge in [-0.25, -0.2) is 0 Å². The van der Waals surface area contributed by atoms with Crippen LogP contribution in [-0.2, 0) is 5.88 Å². The van der Waals surface area contributed by atoms with Crippen LogP contribution in [0.25, 0.3) is 0 Å². The van der Waals surface area contributed by atoms with Gasteiger partial charge >= 0.3 is 0 Å². The molecule has 0 aliphatic heterocycles. The quantitative estimate of drug-likeness (QED) is 0.615. The molecular formula is C9H12ClN. The van der Waals surface area contributed by atoms with Crippen molar-refractivity contribution in [2.24, 2.45) is 0 Å². The van der Waals surface area contributed by atoms with E-state index in [9.17, 15) is 0 Å². The fourth-order valence-corrected chi connectivity index (χ4v) is 1.06. The van der Waals surface area contributed by atoms with Crippen molar-refractivity contribution in [3.8, 4) is 0 Å². The van der Waals surface area contributed by atoms with E-state index >= 15 is 0 Å². The Morgan fingerprint density at radius 2 is 1.73 bits per heavy atom. The van der Waals surface area contributed by atoms with Gasteiger partial charge in [-0.05, 0) is 17.7 Å². The van der Waals surface area contributed by atoms with Crippen molar-refractivity contribution in [3.05, 3.63) is 29.8 Å². The third-order valence-electron chi connectivity index (χ3n) is 1.61. The first-order valence-corrected chi connectivity index (χ1v) is 4.09. The summed E-state index contributed by atoms with van der Waals surface area (Å²) in [7, 11) is 4.05. The number of halogens is 1. The van der Waals surface area contributed by atoms with Gasteiger partial charge in [0, 0.05) is 25.7 Å². The van der Waals surface area contributed by atoms with Gasteiger partial charge in [0.1, 0.15) is 0 Å². The zero-order valence-electron chi connectivity index (χ0n) is 6.84. The highest BCUT2D eigenvalue weighted by molar-refractivity contribution is 6.17. The molecule has 0 aromatic heterocycles. The summed E-state index contributed by atoms with van der Waals surface area (Å²) in [5.74, 6) is 0.591. The molecule has 1 aromatic rings. The molecule has 0 bridgehead atoms. The maximum absolute atomic E-state index is 5.65. The topological polar surface area (TPSA) is 3.24 Å². The zero-order chi connectivity index (χ0) is 8.27. The molecule has 0 aliphatic carbocycles. The Morgan fingerprint density at radius 3 is 2.09 bits per heavy atom. The molecule has 0 N–H and O–H groups in total. The Morgan fingerprint density at radius 1 is 1.18 bits per heavy atom. The maximum atomic E-state index is 5.65. The lowest BCUT2D eigenvalue weighted by Gasteiger charge is -2.11. The molecule has 2 heteroatoms. The van der Waals surface area contributed by atoms with E-state index < -0.39 is 0 Å². The minimum absolute atomic E-state index is 0.591. The van der Waals surface area contributed by atoms with Gasteiger partial charge in [0.15, 0.2) is 0 Å². The van der Waals surface area contributed by atoms with Gasteiger partial charge in [-0.2, -0.15) is 0 Å². The Balaban J connectivity index is 2.83. The molecule has 0 unspecified atom stereocenters. The highest BCUT2D eigenvalue weighted by Crippen LogP contribution is 2.12. The molecular weight excluding hydrogens is 158 g/mol. The highest BCUT2D eigenvalue weighted by atomic mass is 35.5. The summed E-state index contributed by atoms with van der Waals surface area (Å²) >= 11 is 5.65. The first-order valence-electron chi connectivity index (χ1n) is 3.56. The molecule has 11 heavy (non-hydrogen) atoms. The van der Waals surface area contributed by atoms with Crippen molar-refractivity contribution >= 4 is 17.3 Å². The number of alkyl halides is 1. The Bertz CT molecular complexity index is 216. The lowest BCUT2D eigenvalue weighted by atomic mass is 10.2. The van der Waals surface area contributed by atoms with Crippen LogP contribution < -0.4 is 4.90 Å². The van der Waals surface area contributed by atoms with E-state index in [0.29, 0.717) is 5.88 Å². The SMILES string of the molecule is CN(C)c1ccc(CCl)cc1. The summed E-state index contributed by atoms with van der Waals surface area (Å²) in [4.78, 5) is 2.07. The lowest BCUT2D eigenvalue weighted by molar-refractivity contribution is 1.13. The van der Waals surface area contributed by atoms with Crippen LogP contribution in [0.15, 0.2) is 24.3 Å². The lowest BCUT2D eigenvalue weighted by Crippen LogP contribution is -2.07. The first-order chi connectivity index (χ1) is 5.24. The van der Waals surface area contributed by atoms with Crippen molar-refractivity contribution in [3.63, 3.8) is 0 Å². The van der Waals surface area contributed by atoms with E-state index in [-0.39, 0.29) is 0 Å². The third-order valence-corrected chi connectivity index (χ3v) is 1.92. The summed E-state index contributed by atoms with van der Waals surface area (Å²) in [6.45, 7) is 0. The smallest absolute Gasteiger partial charge is 0.0474 e. The van der Waals surface area contributed by atoms with Crippen LogP contribution in [0.2, 0.25) is 0 Å². The minimum atomic E-state index is 0.591. The number of benzene rings is 1. The molecule has 0 heterocycles. The molecule has 60 valence electrons. The fourth-order valence-electron chi connectivity index (χ4n) is 0.883. The fraction of sp³-hybridized carbons (Fsp3) is 0.333. The molecule has 0 aliphatic rings. The van der Waals surface area contributed by atoms with Crippen LogP contribution in [0.4, 0.5) is 5.69 Å². The summed E-state index contributed by atoms with van der Waals surface area (Å²) in [6.07, 6.45) is 0. The predicted octanol–water partition coefficient (Wildman–Crippen LogP) is 2.49. The predicted molar refractivity (Wildman–Crippen MR) is 50.3 cm³/mol. The molecule has 1 nitrogen and oxygen atoms in total. The van der Waals surface area contributed by atoms with E-state index in [2.05, 4.69) is 17.0 Å². The molecule has 1 aromatic carbocycles. The normalized spacial score (nSPS) is 9.73. The Hall–Kier alpha value is -0.690. The van der Waals surface area contributed by atoms with Gasteiger partial charge in [-0.1, -0.05) is 12.1 Å². The third kappa shape index (κ3) is 2.12. The molecule has 0 saturated heterocycles. The van der Waals surface area contributed by atoms with Crippen molar-refractivity contribution in [1.29, 1.82) is 0 Å². The van der Waals surface area contributed by atoms with Gasteiger partial charge < -0.3 is 4.90 Å². The second-order valence-corrected chi connectivity index (χ2v) is 2.96. The molecule has 0 fully saturated rings. The van der Waals surface area contributed by atoms with Gasteiger partial charge in [-0.15, -0.1) is 11.6 Å². The minimum Gasteiger partial charge on any atom is -0.378 e. The monoisotopic (exact) mass is 169 g/mol. The van der Waals surface area contributed by atoms with Crippen LogP contribution in [0.3, 0.4) is 0 Å². The summed E-state index contributed by atoms with van der Waals surface area (Å²) < 4.78 is 0. The number of nitrogens with zero attached hydrogens (tertiary/aromatic N) is 1. The molecule has 0 spiro atoms. The van der Waals surface area contributed by atoms with Gasteiger partial charge in [0.05, 0.1) is 0 Å². The van der Waals surface area contributed by atoms with Gasteiger partial charge in [-0.3, -0.25) is 0 Å². The molecule has 1 rings (SSSR count).